The van der Waals surface area contributed by atoms with Gasteiger partial charge in [-0.3, -0.25) is 0 Å². The average Bonchev–Trinajstić information content (AvgIpc) is 3.07. The molecule has 26 heavy (non-hydrogen) atoms. The van der Waals surface area contributed by atoms with E-state index in [1.54, 1.807) is 4.80 Å². The maximum absolute atomic E-state index is 10.2. The minimum atomic E-state index is -0.380. The van der Waals surface area contributed by atoms with Crippen molar-refractivity contribution < 1.29 is 5.11 Å². The van der Waals surface area contributed by atoms with Gasteiger partial charge in [0.05, 0.1) is 11.8 Å². The first-order valence-corrected chi connectivity index (χ1v) is 9.72. The topological polar surface area (TPSA) is 50.9 Å². The Balaban J connectivity index is 2.15. The van der Waals surface area contributed by atoms with Gasteiger partial charge >= 0.3 is 0 Å². The molecule has 3 aromatic rings. The minimum Gasteiger partial charge on any atom is -0.393 e. The predicted octanol–water partition coefficient (Wildman–Crippen LogP) is 5.20. The lowest BCUT2D eigenvalue weighted by atomic mass is 9.86. The number of fused-ring (bicyclic) bond motifs is 1. The maximum Gasteiger partial charge on any atom is 0.113 e. The fourth-order valence-electron chi connectivity index (χ4n) is 3.81. The van der Waals surface area contributed by atoms with Gasteiger partial charge in [-0.25, -0.2) is 0 Å². The van der Waals surface area contributed by atoms with Gasteiger partial charge in [-0.1, -0.05) is 39.0 Å². The van der Waals surface area contributed by atoms with E-state index in [-0.39, 0.29) is 12.0 Å². The molecule has 1 N–H and O–H groups in total. The maximum atomic E-state index is 10.2. The van der Waals surface area contributed by atoms with E-state index >= 15 is 0 Å². The van der Waals surface area contributed by atoms with Gasteiger partial charge in [0.2, 0.25) is 0 Å². The molecule has 0 aliphatic carbocycles. The molecule has 0 fully saturated rings. The number of aromatic nitrogens is 3. The second kappa shape index (κ2) is 8.00. The molecule has 0 bridgehead atoms. The number of benzene rings is 2. The molecule has 2 unspecified atom stereocenters. The summed E-state index contributed by atoms with van der Waals surface area (Å²) in [4.78, 5) is 1.73. The van der Waals surface area contributed by atoms with Gasteiger partial charge in [0.25, 0.3) is 0 Å². The quantitative estimate of drug-likeness (QED) is 0.636. The number of hydrogen-bond donors (Lipinski definition) is 1. The fraction of sp³-hybridized carbons (Fsp3) is 0.455. The van der Waals surface area contributed by atoms with Crippen LogP contribution in [-0.2, 0) is 0 Å². The summed E-state index contributed by atoms with van der Waals surface area (Å²) in [7, 11) is 0. The zero-order valence-corrected chi connectivity index (χ0v) is 16.2. The molecule has 0 radical (unpaired) electrons. The van der Waals surface area contributed by atoms with Crippen LogP contribution in [0.4, 0.5) is 0 Å². The number of aliphatic hydroxyl groups excluding tert-OH is 1. The van der Waals surface area contributed by atoms with E-state index in [4.69, 9.17) is 0 Å². The molecule has 0 saturated heterocycles. The van der Waals surface area contributed by atoms with Crippen molar-refractivity contribution in [1.29, 1.82) is 0 Å². The number of aliphatic hydroxyl groups is 1. The lowest BCUT2D eigenvalue weighted by Crippen LogP contribution is -2.15. The highest BCUT2D eigenvalue weighted by molar-refractivity contribution is 5.73. The van der Waals surface area contributed by atoms with Crippen LogP contribution in [0.1, 0.15) is 69.9 Å². The number of nitrogens with zero attached hydrogens (tertiary/aromatic N) is 3. The molecule has 2 atom stereocenters. The SMILES string of the molecule is CCC(CC)c1cc(C(CC)C(C)O)cc(-n2nc3ccccc3n2)c1. The Kier molecular flexibility index (Phi) is 5.72. The zero-order chi connectivity index (χ0) is 18.7. The van der Waals surface area contributed by atoms with E-state index in [9.17, 15) is 5.11 Å². The molecule has 4 heteroatoms. The van der Waals surface area contributed by atoms with E-state index in [2.05, 4.69) is 49.2 Å². The van der Waals surface area contributed by atoms with Crippen molar-refractivity contribution in [2.24, 2.45) is 0 Å². The lowest BCUT2D eigenvalue weighted by Gasteiger charge is -2.22. The summed E-state index contributed by atoms with van der Waals surface area (Å²) < 4.78 is 0. The van der Waals surface area contributed by atoms with Crippen LogP contribution in [0.2, 0.25) is 0 Å². The largest absolute Gasteiger partial charge is 0.393 e. The first-order valence-electron chi connectivity index (χ1n) is 9.72. The van der Waals surface area contributed by atoms with Crippen molar-refractivity contribution in [3.05, 3.63) is 53.6 Å². The minimum absolute atomic E-state index is 0.119. The summed E-state index contributed by atoms with van der Waals surface area (Å²) in [6, 6.07) is 14.5. The second-order valence-corrected chi connectivity index (χ2v) is 7.10. The van der Waals surface area contributed by atoms with Gasteiger partial charge in [0.1, 0.15) is 11.0 Å². The Labute approximate surface area is 155 Å². The van der Waals surface area contributed by atoms with E-state index in [1.807, 2.05) is 31.2 Å². The van der Waals surface area contributed by atoms with Crippen molar-refractivity contribution in [3.63, 3.8) is 0 Å². The van der Waals surface area contributed by atoms with Crippen LogP contribution in [0.3, 0.4) is 0 Å². The first kappa shape index (κ1) is 18.6. The van der Waals surface area contributed by atoms with Crippen LogP contribution in [0.15, 0.2) is 42.5 Å². The van der Waals surface area contributed by atoms with Gasteiger partial charge in [-0.15, -0.1) is 10.2 Å². The molecule has 0 aliphatic heterocycles. The monoisotopic (exact) mass is 351 g/mol. The molecule has 0 aliphatic rings. The highest BCUT2D eigenvalue weighted by atomic mass is 16.3. The van der Waals surface area contributed by atoms with E-state index in [0.29, 0.717) is 5.92 Å². The van der Waals surface area contributed by atoms with Crippen LogP contribution in [0.5, 0.6) is 0 Å². The molecular weight excluding hydrogens is 322 g/mol. The summed E-state index contributed by atoms with van der Waals surface area (Å²) in [5, 5.41) is 19.5. The van der Waals surface area contributed by atoms with Crippen LogP contribution >= 0.6 is 0 Å². The summed E-state index contributed by atoms with van der Waals surface area (Å²) in [5.41, 5.74) is 5.24. The van der Waals surface area contributed by atoms with Crippen LogP contribution in [0, 0.1) is 0 Å². The predicted molar refractivity (Wildman–Crippen MR) is 107 cm³/mol. The highest BCUT2D eigenvalue weighted by Crippen LogP contribution is 2.31. The Bertz CT molecular complexity index is 832. The second-order valence-electron chi connectivity index (χ2n) is 7.10. The van der Waals surface area contributed by atoms with E-state index in [1.165, 1.54) is 11.1 Å². The van der Waals surface area contributed by atoms with Gasteiger partial charge in [0, 0.05) is 5.92 Å². The van der Waals surface area contributed by atoms with Gasteiger partial charge in [-0.05, 0) is 67.5 Å². The average molecular weight is 351 g/mol. The van der Waals surface area contributed by atoms with Gasteiger partial charge < -0.3 is 5.11 Å². The third-order valence-electron chi connectivity index (χ3n) is 5.39. The normalized spacial score (nSPS) is 14.1. The van der Waals surface area contributed by atoms with Crippen molar-refractivity contribution in [2.75, 3.05) is 0 Å². The lowest BCUT2D eigenvalue weighted by molar-refractivity contribution is 0.159. The molecule has 138 valence electrons. The molecule has 1 heterocycles. The molecule has 2 aromatic carbocycles. The van der Waals surface area contributed by atoms with Crippen molar-refractivity contribution >= 4 is 11.0 Å². The number of hydrogen-bond acceptors (Lipinski definition) is 3. The smallest absolute Gasteiger partial charge is 0.113 e. The van der Waals surface area contributed by atoms with Gasteiger partial charge in [0.15, 0.2) is 0 Å². The summed E-state index contributed by atoms with van der Waals surface area (Å²) in [5.74, 6) is 0.623. The molecule has 0 amide bonds. The Morgan fingerprint density at radius 2 is 1.46 bits per heavy atom. The van der Waals surface area contributed by atoms with Crippen molar-refractivity contribution in [3.8, 4) is 5.69 Å². The summed E-state index contributed by atoms with van der Waals surface area (Å²) in [6.07, 6.45) is 2.71. The van der Waals surface area contributed by atoms with Crippen molar-refractivity contribution in [2.45, 2.75) is 64.9 Å². The molecular formula is C22H29N3O. The third kappa shape index (κ3) is 3.65. The third-order valence-corrected chi connectivity index (χ3v) is 5.39. The molecule has 0 saturated carbocycles. The van der Waals surface area contributed by atoms with Crippen molar-refractivity contribution in [1.82, 2.24) is 15.0 Å². The highest BCUT2D eigenvalue weighted by Gasteiger charge is 2.19. The molecule has 3 rings (SSSR count). The first-order chi connectivity index (χ1) is 12.6. The summed E-state index contributed by atoms with van der Waals surface area (Å²) >= 11 is 0. The Morgan fingerprint density at radius 3 is 1.96 bits per heavy atom. The van der Waals surface area contributed by atoms with Crippen LogP contribution < -0.4 is 0 Å². The molecule has 0 spiro atoms. The summed E-state index contributed by atoms with van der Waals surface area (Å²) in [6.45, 7) is 8.46. The van der Waals surface area contributed by atoms with Crippen LogP contribution in [-0.4, -0.2) is 26.2 Å². The standard InChI is InChI=1S/C22H29N3O/c1-5-16(6-2)17-12-18(20(7-3)15(4)26)14-19(13-17)25-23-21-10-8-9-11-22(21)24-25/h8-16,20,26H,5-7H2,1-4H3. The molecule has 1 aromatic heterocycles. The van der Waals surface area contributed by atoms with E-state index < -0.39 is 0 Å². The fourth-order valence-corrected chi connectivity index (χ4v) is 3.81. The Hall–Kier alpha value is -2.20. The van der Waals surface area contributed by atoms with Crippen LogP contribution in [0.25, 0.3) is 16.7 Å². The van der Waals surface area contributed by atoms with Gasteiger partial charge in [-0.2, -0.15) is 4.80 Å². The number of rotatable bonds is 7. The Morgan fingerprint density at radius 1 is 0.885 bits per heavy atom. The zero-order valence-electron chi connectivity index (χ0n) is 16.2. The molecule has 4 nitrogen and oxygen atoms in total. The van der Waals surface area contributed by atoms with E-state index in [0.717, 1.165) is 36.0 Å².